The van der Waals surface area contributed by atoms with E-state index in [1.807, 2.05) is 4.90 Å². The largest absolute Gasteiger partial charge is 0.417 e. The first-order valence-electron chi connectivity index (χ1n) is 7.93. The van der Waals surface area contributed by atoms with Gasteiger partial charge in [0.1, 0.15) is 5.82 Å². The molecule has 0 bridgehead atoms. The highest BCUT2D eigenvalue weighted by molar-refractivity contribution is 6.33. The number of carbonyl (C=O) groups is 1. The molecule has 9 heteroatoms. The highest BCUT2D eigenvalue weighted by atomic mass is 35.5. The third kappa shape index (κ3) is 4.37. The summed E-state index contributed by atoms with van der Waals surface area (Å²) >= 11 is 5.99. The number of rotatable bonds is 3. The fourth-order valence-electron chi connectivity index (χ4n) is 2.73. The Hall–Kier alpha value is -2.48. The van der Waals surface area contributed by atoms with Gasteiger partial charge in [-0.25, -0.2) is 9.78 Å². The minimum atomic E-state index is -4.41. The van der Waals surface area contributed by atoms with Gasteiger partial charge in [0.25, 0.3) is 0 Å². The standard InChI is InChI=1S/C17H16ClF3N4O/c18-13-3-1-2-4-14(13)24-16(26)23-12-7-8-25(10-12)15-6-5-11(9-22-15)17(19,20)21/h1-6,9,12H,7-8,10H2,(H2,23,24,26)/t12-/m0/s1. The average molecular weight is 385 g/mol. The van der Waals surface area contributed by atoms with Crippen LogP contribution in [0.5, 0.6) is 0 Å². The van der Waals surface area contributed by atoms with Crippen molar-refractivity contribution < 1.29 is 18.0 Å². The number of anilines is 2. The Morgan fingerprint density at radius 1 is 1.23 bits per heavy atom. The molecule has 3 rings (SSSR count). The van der Waals surface area contributed by atoms with Gasteiger partial charge in [-0.15, -0.1) is 0 Å². The molecule has 138 valence electrons. The fraction of sp³-hybridized carbons (Fsp3) is 0.294. The Kier molecular flexibility index (Phi) is 5.22. The molecule has 26 heavy (non-hydrogen) atoms. The molecule has 1 atom stereocenters. The lowest BCUT2D eigenvalue weighted by Gasteiger charge is -2.19. The lowest BCUT2D eigenvalue weighted by atomic mass is 10.2. The minimum absolute atomic E-state index is 0.137. The fourth-order valence-corrected chi connectivity index (χ4v) is 2.92. The number of aromatic nitrogens is 1. The highest BCUT2D eigenvalue weighted by Crippen LogP contribution is 2.30. The smallest absolute Gasteiger partial charge is 0.354 e. The Labute approximate surface area is 153 Å². The molecule has 0 saturated carbocycles. The average Bonchev–Trinajstić information content (AvgIpc) is 3.05. The third-order valence-electron chi connectivity index (χ3n) is 4.04. The van der Waals surface area contributed by atoms with Gasteiger partial charge >= 0.3 is 12.2 Å². The summed E-state index contributed by atoms with van der Waals surface area (Å²) in [6, 6.07) is 8.71. The topological polar surface area (TPSA) is 57.3 Å². The van der Waals surface area contributed by atoms with Gasteiger partial charge in [-0.3, -0.25) is 0 Å². The van der Waals surface area contributed by atoms with Gasteiger partial charge in [0.15, 0.2) is 0 Å². The Balaban J connectivity index is 1.55. The summed E-state index contributed by atoms with van der Waals surface area (Å²) in [6.07, 6.45) is -2.92. The van der Waals surface area contributed by atoms with Crippen LogP contribution in [0, 0.1) is 0 Å². The van der Waals surface area contributed by atoms with E-state index in [1.54, 1.807) is 24.3 Å². The summed E-state index contributed by atoms with van der Waals surface area (Å²) in [5.74, 6) is 0.453. The maximum atomic E-state index is 12.6. The van der Waals surface area contributed by atoms with Crippen LogP contribution in [0.2, 0.25) is 5.02 Å². The number of amides is 2. The van der Waals surface area contributed by atoms with Crippen molar-refractivity contribution in [3.05, 3.63) is 53.2 Å². The number of urea groups is 1. The van der Waals surface area contributed by atoms with Crippen molar-refractivity contribution >= 4 is 29.1 Å². The molecule has 1 fully saturated rings. The molecule has 1 aromatic carbocycles. The molecular formula is C17H16ClF3N4O. The van der Waals surface area contributed by atoms with Gasteiger partial charge in [-0.2, -0.15) is 13.2 Å². The molecule has 1 aliphatic heterocycles. The van der Waals surface area contributed by atoms with E-state index in [-0.39, 0.29) is 12.1 Å². The molecule has 1 aromatic heterocycles. The van der Waals surface area contributed by atoms with Crippen LogP contribution in [-0.4, -0.2) is 30.1 Å². The van der Waals surface area contributed by atoms with E-state index >= 15 is 0 Å². The Morgan fingerprint density at radius 2 is 2.00 bits per heavy atom. The first kappa shape index (κ1) is 18.3. The summed E-state index contributed by atoms with van der Waals surface area (Å²) in [7, 11) is 0. The second-order valence-electron chi connectivity index (χ2n) is 5.91. The molecular weight excluding hydrogens is 369 g/mol. The van der Waals surface area contributed by atoms with Gasteiger partial charge in [0.2, 0.25) is 0 Å². The predicted octanol–water partition coefficient (Wildman–Crippen LogP) is 4.15. The summed E-state index contributed by atoms with van der Waals surface area (Å²) in [4.78, 5) is 17.8. The quantitative estimate of drug-likeness (QED) is 0.835. The molecule has 0 aliphatic carbocycles. The minimum Gasteiger partial charge on any atom is -0.354 e. The molecule has 2 amide bonds. The number of nitrogens with zero attached hydrogens (tertiary/aromatic N) is 2. The van der Waals surface area contributed by atoms with Crippen molar-refractivity contribution in [1.29, 1.82) is 0 Å². The Morgan fingerprint density at radius 3 is 2.65 bits per heavy atom. The van der Waals surface area contributed by atoms with Gasteiger partial charge < -0.3 is 15.5 Å². The zero-order valence-electron chi connectivity index (χ0n) is 13.6. The number of nitrogens with one attached hydrogen (secondary N) is 2. The third-order valence-corrected chi connectivity index (χ3v) is 4.37. The molecule has 2 aromatic rings. The van der Waals surface area contributed by atoms with Crippen molar-refractivity contribution in [2.45, 2.75) is 18.6 Å². The summed E-state index contributed by atoms with van der Waals surface area (Å²) in [5.41, 5.74) is -0.278. The molecule has 1 saturated heterocycles. The van der Waals surface area contributed by atoms with E-state index < -0.39 is 11.7 Å². The highest BCUT2D eigenvalue weighted by Gasteiger charge is 2.31. The number of hydrogen-bond acceptors (Lipinski definition) is 3. The first-order valence-corrected chi connectivity index (χ1v) is 8.31. The number of alkyl halides is 3. The lowest BCUT2D eigenvalue weighted by Crippen LogP contribution is -2.39. The van der Waals surface area contributed by atoms with Gasteiger partial charge in [0.05, 0.1) is 16.3 Å². The van der Waals surface area contributed by atoms with E-state index in [1.165, 1.54) is 6.07 Å². The van der Waals surface area contributed by atoms with Crippen LogP contribution in [0.1, 0.15) is 12.0 Å². The predicted molar refractivity (Wildman–Crippen MR) is 93.5 cm³/mol. The van der Waals surface area contributed by atoms with Crippen molar-refractivity contribution in [2.75, 3.05) is 23.3 Å². The number of pyridine rings is 1. The van der Waals surface area contributed by atoms with Gasteiger partial charge in [-0.1, -0.05) is 23.7 Å². The zero-order valence-corrected chi connectivity index (χ0v) is 14.3. The van der Waals surface area contributed by atoms with Crippen LogP contribution in [-0.2, 0) is 6.18 Å². The number of hydrogen-bond donors (Lipinski definition) is 2. The second kappa shape index (κ2) is 7.41. The molecule has 0 unspecified atom stereocenters. The number of halogens is 4. The molecule has 2 N–H and O–H groups in total. The molecule has 0 spiro atoms. The van der Waals surface area contributed by atoms with Crippen molar-refractivity contribution in [2.24, 2.45) is 0 Å². The van der Waals surface area contributed by atoms with E-state index in [4.69, 9.17) is 11.6 Å². The molecule has 2 heterocycles. The van der Waals surface area contributed by atoms with E-state index in [9.17, 15) is 18.0 Å². The van der Waals surface area contributed by atoms with Crippen LogP contribution < -0.4 is 15.5 Å². The number of para-hydroxylation sites is 1. The summed E-state index contributed by atoms with van der Waals surface area (Å²) < 4.78 is 37.8. The first-order chi connectivity index (χ1) is 12.3. The maximum Gasteiger partial charge on any atom is 0.417 e. The van der Waals surface area contributed by atoms with E-state index in [0.29, 0.717) is 36.0 Å². The Bertz CT molecular complexity index is 782. The maximum absolute atomic E-state index is 12.6. The van der Waals surface area contributed by atoms with Crippen LogP contribution in [0.15, 0.2) is 42.6 Å². The van der Waals surface area contributed by atoms with Crippen LogP contribution in [0.3, 0.4) is 0 Å². The summed E-state index contributed by atoms with van der Waals surface area (Å²) in [5, 5.41) is 5.94. The van der Waals surface area contributed by atoms with Gasteiger partial charge in [-0.05, 0) is 30.7 Å². The van der Waals surface area contributed by atoms with Crippen molar-refractivity contribution in [1.82, 2.24) is 10.3 Å². The normalized spacial score (nSPS) is 17.2. The lowest BCUT2D eigenvalue weighted by molar-refractivity contribution is -0.137. The number of carbonyl (C=O) groups excluding carboxylic acids is 1. The van der Waals surface area contributed by atoms with Crippen molar-refractivity contribution in [3.8, 4) is 0 Å². The molecule has 0 radical (unpaired) electrons. The molecule has 1 aliphatic rings. The monoisotopic (exact) mass is 384 g/mol. The summed E-state index contributed by atoms with van der Waals surface area (Å²) in [6.45, 7) is 1.06. The van der Waals surface area contributed by atoms with Crippen LogP contribution in [0.25, 0.3) is 0 Å². The second-order valence-corrected chi connectivity index (χ2v) is 6.32. The zero-order chi connectivity index (χ0) is 18.7. The van der Waals surface area contributed by atoms with E-state index in [0.717, 1.165) is 12.3 Å². The van der Waals surface area contributed by atoms with E-state index in [2.05, 4.69) is 15.6 Å². The van der Waals surface area contributed by atoms with Gasteiger partial charge in [0, 0.05) is 25.3 Å². The van der Waals surface area contributed by atoms with Crippen LogP contribution >= 0.6 is 11.6 Å². The molecule has 5 nitrogen and oxygen atoms in total. The van der Waals surface area contributed by atoms with Crippen molar-refractivity contribution in [3.63, 3.8) is 0 Å². The number of benzene rings is 1. The van der Waals surface area contributed by atoms with Crippen LogP contribution in [0.4, 0.5) is 29.5 Å². The SMILES string of the molecule is O=C(Nc1ccccc1Cl)N[C@H]1CCN(c2ccc(C(F)(F)F)cn2)C1.